The third kappa shape index (κ3) is 5.52. The molecule has 1 atom stereocenters. The Hall–Kier alpha value is -3.42. The predicted molar refractivity (Wildman–Crippen MR) is 140 cm³/mol. The number of ether oxygens (including phenoxy) is 4. The summed E-state index contributed by atoms with van der Waals surface area (Å²) in [6.45, 7) is 3.92. The van der Waals surface area contributed by atoms with Crippen LogP contribution in [0.3, 0.4) is 0 Å². The number of carbonyl (C=O) groups is 2. The van der Waals surface area contributed by atoms with E-state index in [4.69, 9.17) is 24.0 Å². The zero-order chi connectivity index (χ0) is 27.5. The van der Waals surface area contributed by atoms with Crippen molar-refractivity contribution in [3.8, 4) is 5.69 Å². The first kappa shape index (κ1) is 27.2. The van der Waals surface area contributed by atoms with Crippen molar-refractivity contribution in [1.29, 1.82) is 0 Å². The van der Waals surface area contributed by atoms with E-state index in [1.54, 1.807) is 35.3 Å². The Balaban J connectivity index is 1.54. The van der Waals surface area contributed by atoms with E-state index in [0.29, 0.717) is 28.0 Å². The van der Waals surface area contributed by atoms with Gasteiger partial charge in [-0.15, -0.1) is 5.10 Å². The molecule has 0 amide bonds. The number of esters is 2. The first-order valence-corrected chi connectivity index (χ1v) is 13.5. The van der Waals surface area contributed by atoms with Crippen LogP contribution in [-0.4, -0.2) is 62.6 Å². The quantitative estimate of drug-likeness (QED) is 0.203. The Morgan fingerprint density at radius 1 is 1.13 bits per heavy atom. The number of halogens is 2. The molecule has 0 aliphatic carbocycles. The van der Waals surface area contributed by atoms with Crippen LogP contribution >= 0.6 is 15.9 Å². The normalized spacial score (nSPS) is 15.8. The molecular formula is C26H27BrFN5O6. The Labute approximate surface area is 231 Å². The number of hydrogen-bond acceptors (Lipinski definition) is 9. The third-order valence-electron chi connectivity index (χ3n) is 6.30. The third-order valence-corrected chi connectivity index (χ3v) is 6.76. The molecule has 1 unspecified atom stereocenters. The molecule has 0 N–H and O–H groups in total. The number of hydrogen-bond donors (Lipinski definition) is 0. The highest BCUT2D eigenvalue weighted by Gasteiger charge is 2.32. The van der Waals surface area contributed by atoms with Gasteiger partial charge in [-0.3, -0.25) is 0 Å². The number of carbonyl (C=O) groups excluding carboxylic acids is 2. The van der Waals surface area contributed by atoms with Gasteiger partial charge in [-0.25, -0.2) is 23.3 Å². The van der Waals surface area contributed by atoms with E-state index in [-0.39, 0.29) is 31.6 Å². The van der Waals surface area contributed by atoms with Crippen LogP contribution in [0.25, 0.3) is 27.6 Å². The molecule has 206 valence electrons. The van der Waals surface area contributed by atoms with Gasteiger partial charge in [-0.2, -0.15) is 5.10 Å². The Morgan fingerprint density at radius 3 is 2.59 bits per heavy atom. The van der Waals surface area contributed by atoms with Crippen LogP contribution < -0.4 is 0 Å². The molecular weight excluding hydrogens is 577 g/mol. The molecule has 2 aromatic carbocycles. The molecule has 5 rings (SSSR count). The van der Waals surface area contributed by atoms with Gasteiger partial charge < -0.3 is 18.9 Å². The van der Waals surface area contributed by atoms with Gasteiger partial charge in [0.25, 0.3) is 6.10 Å². The molecule has 1 aliphatic heterocycles. The van der Waals surface area contributed by atoms with Crippen LogP contribution in [-0.2, 0) is 35.1 Å². The fourth-order valence-corrected chi connectivity index (χ4v) is 4.96. The van der Waals surface area contributed by atoms with E-state index in [1.807, 2.05) is 12.1 Å². The van der Waals surface area contributed by atoms with Gasteiger partial charge in [0.2, 0.25) is 0 Å². The zero-order valence-electron chi connectivity index (χ0n) is 21.4. The lowest BCUT2D eigenvalue weighted by atomic mass is 10.1. The second-order valence-electron chi connectivity index (χ2n) is 8.87. The highest BCUT2D eigenvalue weighted by atomic mass is 79.9. The smallest absolute Gasteiger partial charge is 0.347 e. The summed E-state index contributed by atoms with van der Waals surface area (Å²) in [5, 5.41) is 13.7. The maximum absolute atomic E-state index is 14.4. The summed E-state index contributed by atoms with van der Waals surface area (Å²) in [5.41, 5.74) is 2.52. The first-order valence-electron chi connectivity index (χ1n) is 12.7. The molecule has 4 aromatic rings. The lowest BCUT2D eigenvalue weighted by Gasteiger charge is -2.23. The first-order chi connectivity index (χ1) is 18.9. The molecule has 2 aromatic heterocycles. The van der Waals surface area contributed by atoms with Crippen molar-refractivity contribution in [2.24, 2.45) is 0 Å². The van der Waals surface area contributed by atoms with Crippen LogP contribution in [0.2, 0.25) is 0 Å². The highest BCUT2D eigenvalue weighted by Crippen LogP contribution is 2.31. The molecule has 0 saturated carbocycles. The average molecular weight is 604 g/mol. The van der Waals surface area contributed by atoms with Crippen molar-refractivity contribution in [2.45, 2.75) is 52.0 Å². The van der Waals surface area contributed by atoms with Crippen LogP contribution in [0.1, 0.15) is 45.0 Å². The zero-order valence-corrected chi connectivity index (χ0v) is 23.0. The van der Waals surface area contributed by atoms with Crippen LogP contribution in [0.15, 0.2) is 34.8 Å². The minimum atomic E-state index is -1.54. The SMILES string of the molecule is CCOC(=O)C(OCc1nn(C2CCCCO2)c2cc(-n3nnc4c(F)cc(Br)cc43)ccc12)C(=O)OCC. The van der Waals surface area contributed by atoms with E-state index in [1.165, 1.54) is 6.07 Å². The topological polar surface area (TPSA) is 120 Å². The van der Waals surface area contributed by atoms with Gasteiger partial charge in [0.1, 0.15) is 5.52 Å². The summed E-state index contributed by atoms with van der Waals surface area (Å²) in [6.07, 6.45) is 0.857. The van der Waals surface area contributed by atoms with E-state index in [2.05, 4.69) is 26.2 Å². The molecule has 0 bridgehead atoms. The van der Waals surface area contributed by atoms with Crippen molar-refractivity contribution < 1.29 is 32.9 Å². The molecule has 39 heavy (non-hydrogen) atoms. The summed E-state index contributed by atoms with van der Waals surface area (Å²) < 4.78 is 40.1. The van der Waals surface area contributed by atoms with E-state index in [9.17, 15) is 14.0 Å². The second kappa shape index (κ2) is 11.8. The molecule has 0 radical (unpaired) electrons. The molecule has 11 nitrogen and oxygen atoms in total. The number of nitrogens with zero attached hydrogens (tertiary/aromatic N) is 5. The maximum Gasteiger partial charge on any atom is 0.347 e. The number of fused-ring (bicyclic) bond motifs is 2. The van der Waals surface area contributed by atoms with Gasteiger partial charge >= 0.3 is 11.9 Å². The van der Waals surface area contributed by atoms with Crippen molar-refractivity contribution in [3.05, 3.63) is 46.3 Å². The summed E-state index contributed by atoms with van der Waals surface area (Å²) in [6, 6.07) is 8.59. The standard InChI is InChI=1S/C26H27BrFN5O6/c1-3-36-25(34)24(26(35)37-4-2)39-14-19-17-9-8-16(13-20(17)33(30-19)22-7-5-6-10-38-22)32-21-12-15(27)11-18(28)23(21)29-31-32/h8-9,11-13,22,24H,3-7,10,14H2,1-2H3. The summed E-state index contributed by atoms with van der Waals surface area (Å²) in [5.74, 6) is -2.13. The Morgan fingerprint density at radius 2 is 1.90 bits per heavy atom. The lowest BCUT2D eigenvalue weighted by molar-refractivity contribution is -0.174. The van der Waals surface area contributed by atoms with Crippen molar-refractivity contribution in [2.75, 3.05) is 19.8 Å². The molecule has 1 aliphatic rings. The average Bonchev–Trinajstić information content (AvgIpc) is 3.51. The molecule has 3 heterocycles. The Bertz CT molecular complexity index is 1500. The van der Waals surface area contributed by atoms with Crippen LogP contribution in [0.5, 0.6) is 0 Å². The second-order valence-corrected chi connectivity index (χ2v) is 9.78. The predicted octanol–water partition coefficient (Wildman–Crippen LogP) is 4.38. The van der Waals surface area contributed by atoms with Gasteiger partial charge in [-0.05, 0) is 63.4 Å². The molecule has 1 saturated heterocycles. The Kier molecular flexibility index (Phi) is 8.19. The monoisotopic (exact) mass is 603 g/mol. The van der Waals surface area contributed by atoms with E-state index in [0.717, 1.165) is 30.2 Å². The van der Waals surface area contributed by atoms with Gasteiger partial charge in [0.15, 0.2) is 12.0 Å². The van der Waals surface area contributed by atoms with Crippen molar-refractivity contribution >= 4 is 49.8 Å². The minimum Gasteiger partial charge on any atom is -0.464 e. The van der Waals surface area contributed by atoms with Crippen molar-refractivity contribution in [3.63, 3.8) is 0 Å². The number of aromatic nitrogens is 5. The van der Waals surface area contributed by atoms with E-state index >= 15 is 0 Å². The molecule has 1 fully saturated rings. The van der Waals surface area contributed by atoms with Crippen LogP contribution in [0, 0.1) is 5.82 Å². The summed E-state index contributed by atoms with van der Waals surface area (Å²) >= 11 is 3.33. The fraction of sp³-hybridized carbons (Fsp3) is 0.423. The number of rotatable bonds is 9. The highest BCUT2D eigenvalue weighted by molar-refractivity contribution is 9.10. The van der Waals surface area contributed by atoms with Gasteiger partial charge in [0, 0.05) is 16.5 Å². The summed E-state index contributed by atoms with van der Waals surface area (Å²) in [7, 11) is 0. The van der Waals surface area contributed by atoms with Crippen molar-refractivity contribution in [1.82, 2.24) is 24.8 Å². The fourth-order valence-electron chi connectivity index (χ4n) is 4.54. The number of benzene rings is 2. The lowest BCUT2D eigenvalue weighted by Crippen LogP contribution is -2.36. The molecule has 0 spiro atoms. The van der Waals surface area contributed by atoms with Gasteiger partial charge in [-0.1, -0.05) is 21.1 Å². The summed E-state index contributed by atoms with van der Waals surface area (Å²) in [4.78, 5) is 24.8. The maximum atomic E-state index is 14.4. The van der Waals surface area contributed by atoms with Crippen LogP contribution in [0.4, 0.5) is 4.39 Å². The van der Waals surface area contributed by atoms with E-state index < -0.39 is 23.9 Å². The van der Waals surface area contributed by atoms with Gasteiger partial charge in [0.05, 0.1) is 42.2 Å². The largest absolute Gasteiger partial charge is 0.464 e. The molecule has 13 heteroatoms. The minimum absolute atomic E-state index is 0.0922.